The topological polar surface area (TPSA) is 34.2 Å². The first-order valence-electron chi connectivity index (χ1n) is 6.00. The number of ether oxygens (including phenoxy) is 2. The fraction of sp³-hybridized carbons (Fsp3) is 0.286. The maximum atomic E-state index is 13.4. The highest BCUT2D eigenvalue weighted by Gasteiger charge is 2.19. The van der Waals surface area contributed by atoms with Gasteiger partial charge in [0.25, 0.3) is 0 Å². The van der Waals surface area contributed by atoms with E-state index in [9.17, 15) is 4.39 Å². The van der Waals surface area contributed by atoms with Gasteiger partial charge < -0.3 is 14.5 Å². The third-order valence-corrected chi connectivity index (χ3v) is 3.01. The minimum absolute atomic E-state index is 0.0594. The maximum absolute atomic E-state index is 13.4. The molecule has 0 bridgehead atoms. The van der Waals surface area contributed by atoms with Crippen molar-refractivity contribution in [2.75, 3.05) is 13.2 Å². The average molecular weight is 247 g/mol. The Morgan fingerprint density at radius 1 is 1.33 bits per heavy atom. The second-order valence-electron chi connectivity index (χ2n) is 4.33. The van der Waals surface area contributed by atoms with Crippen molar-refractivity contribution in [1.29, 1.82) is 0 Å². The lowest BCUT2D eigenvalue weighted by Gasteiger charge is -2.15. The van der Waals surface area contributed by atoms with E-state index < -0.39 is 0 Å². The third-order valence-electron chi connectivity index (χ3n) is 3.01. The molecule has 1 fully saturated rings. The second-order valence-corrected chi connectivity index (χ2v) is 4.33. The molecule has 1 aromatic carbocycles. The summed E-state index contributed by atoms with van der Waals surface area (Å²) >= 11 is 0. The number of nitrogens with one attached hydrogen (secondary N) is 1. The van der Waals surface area contributed by atoms with E-state index in [-0.39, 0.29) is 11.9 Å². The van der Waals surface area contributed by atoms with Gasteiger partial charge in [0.2, 0.25) is 0 Å². The summed E-state index contributed by atoms with van der Waals surface area (Å²) in [6, 6.07) is 8.34. The highest BCUT2D eigenvalue weighted by Crippen LogP contribution is 2.31. The third kappa shape index (κ3) is 2.24. The quantitative estimate of drug-likeness (QED) is 0.904. The smallest absolute Gasteiger partial charge is 0.129 e. The van der Waals surface area contributed by atoms with Crippen LogP contribution in [0.4, 0.5) is 4.39 Å². The van der Waals surface area contributed by atoms with Gasteiger partial charge in [0.15, 0.2) is 0 Å². The van der Waals surface area contributed by atoms with Crippen LogP contribution < -0.4 is 4.74 Å². The molecule has 1 aromatic heterocycles. The van der Waals surface area contributed by atoms with Crippen LogP contribution in [0.25, 0.3) is 11.3 Å². The largest absolute Gasteiger partial charge is 0.487 e. The standard InChI is InChI=1S/C14H14FNO2/c15-10-3-4-14(18-11-5-7-17-9-11)12(8-10)13-2-1-6-16-13/h1-4,6,8,11,16H,5,7,9H2/t11-/m1/s1. The Bertz CT molecular complexity index is 519. The van der Waals surface area contributed by atoms with Gasteiger partial charge in [-0.25, -0.2) is 4.39 Å². The van der Waals surface area contributed by atoms with Crippen molar-refractivity contribution in [2.45, 2.75) is 12.5 Å². The van der Waals surface area contributed by atoms with E-state index in [1.807, 2.05) is 18.3 Å². The minimum atomic E-state index is -0.269. The van der Waals surface area contributed by atoms with Gasteiger partial charge >= 0.3 is 0 Å². The van der Waals surface area contributed by atoms with E-state index in [1.54, 1.807) is 6.07 Å². The van der Waals surface area contributed by atoms with Crippen molar-refractivity contribution in [3.05, 3.63) is 42.3 Å². The lowest BCUT2D eigenvalue weighted by atomic mass is 10.1. The number of benzene rings is 1. The summed E-state index contributed by atoms with van der Waals surface area (Å²) in [5.41, 5.74) is 1.59. The van der Waals surface area contributed by atoms with Crippen molar-refractivity contribution < 1.29 is 13.9 Å². The average Bonchev–Trinajstić information content (AvgIpc) is 3.04. The van der Waals surface area contributed by atoms with Gasteiger partial charge in [-0.2, -0.15) is 0 Å². The SMILES string of the molecule is Fc1ccc(O[C@@H]2CCOC2)c(-c2ccc[nH]2)c1. The molecule has 94 valence electrons. The van der Waals surface area contributed by atoms with Crippen LogP contribution in [-0.2, 0) is 4.74 Å². The van der Waals surface area contributed by atoms with E-state index in [0.29, 0.717) is 12.4 Å². The first-order valence-corrected chi connectivity index (χ1v) is 6.00. The molecule has 3 rings (SSSR count). The highest BCUT2D eigenvalue weighted by molar-refractivity contribution is 5.67. The van der Waals surface area contributed by atoms with Crippen molar-refractivity contribution in [1.82, 2.24) is 4.98 Å². The Balaban J connectivity index is 1.92. The molecule has 18 heavy (non-hydrogen) atoms. The molecule has 3 nitrogen and oxygen atoms in total. The number of aromatic amines is 1. The Kier molecular flexibility index (Phi) is 3.02. The van der Waals surface area contributed by atoms with E-state index in [1.165, 1.54) is 12.1 Å². The fourth-order valence-corrected chi connectivity index (χ4v) is 2.10. The van der Waals surface area contributed by atoms with E-state index in [2.05, 4.69) is 4.98 Å². The molecule has 1 aliphatic rings. The van der Waals surface area contributed by atoms with Crippen molar-refractivity contribution in [2.24, 2.45) is 0 Å². The van der Waals surface area contributed by atoms with Gasteiger partial charge in [-0.3, -0.25) is 0 Å². The summed E-state index contributed by atoms with van der Waals surface area (Å²) in [4.78, 5) is 3.07. The molecule has 0 aliphatic carbocycles. The molecule has 0 radical (unpaired) electrons. The number of hydrogen-bond donors (Lipinski definition) is 1. The summed E-state index contributed by atoms with van der Waals surface area (Å²) in [7, 11) is 0. The highest BCUT2D eigenvalue weighted by atomic mass is 19.1. The van der Waals surface area contributed by atoms with Crippen LogP contribution in [0.15, 0.2) is 36.5 Å². The van der Waals surface area contributed by atoms with Gasteiger partial charge in [-0.15, -0.1) is 0 Å². The van der Waals surface area contributed by atoms with Crippen LogP contribution in [0.3, 0.4) is 0 Å². The number of hydrogen-bond acceptors (Lipinski definition) is 2. The Morgan fingerprint density at radius 3 is 3.00 bits per heavy atom. The van der Waals surface area contributed by atoms with Crippen LogP contribution in [0.2, 0.25) is 0 Å². The lowest BCUT2D eigenvalue weighted by Crippen LogP contribution is -2.16. The fourth-order valence-electron chi connectivity index (χ4n) is 2.10. The molecule has 2 aromatic rings. The van der Waals surface area contributed by atoms with Gasteiger partial charge in [-0.05, 0) is 30.3 Å². The van der Waals surface area contributed by atoms with Crippen molar-refractivity contribution in [3.8, 4) is 17.0 Å². The van der Waals surface area contributed by atoms with E-state index in [0.717, 1.165) is 24.3 Å². The number of halogens is 1. The molecule has 1 atom stereocenters. The number of H-pyrrole nitrogens is 1. The van der Waals surface area contributed by atoms with Crippen LogP contribution in [0.5, 0.6) is 5.75 Å². The van der Waals surface area contributed by atoms with Gasteiger partial charge in [0.1, 0.15) is 17.7 Å². The maximum Gasteiger partial charge on any atom is 0.129 e. The van der Waals surface area contributed by atoms with Crippen molar-refractivity contribution >= 4 is 0 Å². The molecule has 1 saturated heterocycles. The minimum Gasteiger partial charge on any atom is -0.487 e. The van der Waals surface area contributed by atoms with E-state index >= 15 is 0 Å². The second kappa shape index (κ2) is 4.82. The molecule has 0 spiro atoms. The Morgan fingerprint density at radius 2 is 2.28 bits per heavy atom. The summed E-state index contributed by atoms with van der Waals surface area (Å²) in [5, 5.41) is 0. The van der Waals surface area contributed by atoms with Crippen molar-refractivity contribution in [3.63, 3.8) is 0 Å². The zero-order chi connectivity index (χ0) is 12.4. The van der Waals surface area contributed by atoms with Crippen LogP contribution in [0.1, 0.15) is 6.42 Å². The summed E-state index contributed by atoms with van der Waals surface area (Å²) in [6.07, 6.45) is 2.74. The summed E-state index contributed by atoms with van der Waals surface area (Å²) < 4.78 is 24.5. The first kappa shape index (κ1) is 11.3. The summed E-state index contributed by atoms with van der Waals surface area (Å²) in [5.74, 6) is 0.420. The molecule has 2 heterocycles. The molecule has 0 amide bonds. The predicted octanol–water partition coefficient (Wildman–Crippen LogP) is 2.99. The number of aromatic nitrogens is 1. The van der Waals surface area contributed by atoms with Gasteiger partial charge in [-0.1, -0.05) is 0 Å². The predicted molar refractivity (Wildman–Crippen MR) is 66.0 cm³/mol. The Hall–Kier alpha value is -1.81. The monoisotopic (exact) mass is 247 g/mol. The zero-order valence-electron chi connectivity index (χ0n) is 9.86. The molecule has 0 unspecified atom stereocenters. The van der Waals surface area contributed by atoms with Gasteiger partial charge in [0.05, 0.1) is 13.2 Å². The van der Waals surface area contributed by atoms with Crippen LogP contribution in [0, 0.1) is 5.82 Å². The Labute approximate surface area is 105 Å². The van der Waals surface area contributed by atoms with Gasteiger partial charge in [0, 0.05) is 23.9 Å². The van der Waals surface area contributed by atoms with E-state index in [4.69, 9.17) is 9.47 Å². The molecule has 0 saturated carbocycles. The van der Waals surface area contributed by atoms with Crippen LogP contribution >= 0.6 is 0 Å². The zero-order valence-corrected chi connectivity index (χ0v) is 9.86. The molecular weight excluding hydrogens is 233 g/mol. The lowest BCUT2D eigenvalue weighted by molar-refractivity contribution is 0.141. The number of rotatable bonds is 3. The normalized spacial score (nSPS) is 19.1. The summed E-state index contributed by atoms with van der Waals surface area (Å²) in [6.45, 7) is 1.32. The molecule has 4 heteroatoms. The molecule has 1 N–H and O–H groups in total. The molecule has 1 aliphatic heterocycles. The van der Waals surface area contributed by atoms with Crippen LogP contribution in [-0.4, -0.2) is 24.3 Å². The molecular formula is C14H14FNO2. The first-order chi connectivity index (χ1) is 8.83.